The summed E-state index contributed by atoms with van der Waals surface area (Å²) in [4.78, 5) is 12.8. The molecule has 1 aromatic carbocycles. The van der Waals surface area contributed by atoms with Gasteiger partial charge in [-0.05, 0) is 76.6 Å². The molecule has 3 rings (SSSR count). The average molecular weight is 505 g/mol. The van der Waals surface area contributed by atoms with Gasteiger partial charge < -0.3 is 26.3 Å². The monoisotopic (exact) mass is 504 g/mol. The molecule has 0 radical (unpaired) electrons. The van der Waals surface area contributed by atoms with Gasteiger partial charge in [0.1, 0.15) is 5.82 Å². The van der Waals surface area contributed by atoms with Crippen molar-refractivity contribution < 1.29 is 0 Å². The quantitative estimate of drug-likeness (QED) is 0.223. The third-order valence-corrected chi connectivity index (χ3v) is 7.60. The second kappa shape index (κ2) is 14.1. The number of para-hydroxylation sites is 1. The van der Waals surface area contributed by atoms with Crippen LogP contribution in [-0.4, -0.2) is 48.8 Å². The lowest BCUT2D eigenvalue weighted by Gasteiger charge is -2.30. The van der Waals surface area contributed by atoms with Crippen LogP contribution in [-0.2, 0) is 6.42 Å². The van der Waals surface area contributed by atoms with Crippen LogP contribution in [0.4, 0.5) is 11.5 Å². The second-order valence-electron chi connectivity index (χ2n) is 10.6. The molecule has 6 nitrogen and oxygen atoms in total. The summed E-state index contributed by atoms with van der Waals surface area (Å²) >= 11 is 0. The van der Waals surface area contributed by atoms with Crippen molar-refractivity contribution in [2.24, 2.45) is 10.7 Å². The molecule has 1 aromatic heterocycles. The van der Waals surface area contributed by atoms with Gasteiger partial charge in [0.15, 0.2) is 0 Å². The van der Waals surface area contributed by atoms with E-state index in [-0.39, 0.29) is 0 Å². The van der Waals surface area contributed by atoms with Crippen LogP contribution in [0.1, 0.15) is 74.3 Å². The number of nitrogens with one attached hydrogen (secondary N) is 1. The first-order chi connectivity index (χ1) is 17.8. The fraction of sp³-hybridized carbons (Fsp3) is 0.516. The normalized spacial score (nSPS) is 15.5. The van der Waals surface area contributed by atoms with Gasteiger partial charge in [0, 0.05) is 60.8 Å². The number of allylic oxidation sites excluding steroid dienone is 2. The number of H-pyrrole nitrogens is 1. The minimum Gasteiger partial charge on any atom is -0.404 e. The van der Waals surface area contributed by atoms with Crippen molar-refractivity contribution in [3.63, 3.8) is 0 Å². The fourth-order valence-corrected chi connectivity index (χ4v) is 5.30. The molecule has 202 valence electrons. The lowest BCUT2D eigenvalue weighted by Crippen LogP contribution is -2.35. The molecule has 0 atom stereocenters. The molecular formula is C31H48N6. The van der Waals surface area contributed by atoms with Crippen LogP contribution in [0.25, 0.3) is 5.57 Å². The summed E-state index contributed by atoms with van der Waals surface area (Å²) in [7, 11) is 2.12. The predicted octanol–water partition coefficient (Wildman–Crippen LogP) is 6.21. The fourth-order valence-electron chi connectivity index (χ4n) is 5.30. The molecule has 0 amide bonds. The van der Waals surface area contributed by atoms with Crippen molar-refractivity contribution in [3.8, 4) is 0 Å². The number of unbranched alkanes of at least 4 members (excludes halogenated alkanes) is 4. The van der Waals surface area contributed by atoms with Crippen molar-refractivity contribution >= 4 is 23.3 Å². The Bertz CT molecular complexity index is 1070. The van der Waals surface area contributed by atoms with Gasteiger partial charge in [0.25, 0.3) is 0 Å². The van der Waals surface area contributed by atoms with E-state index in [0.717, 1.165) is 54.9 Å². The Hall–Kier alpha value is -2.99. The standard InChI is InChI=1S/C31H48N6/c1-23(2)36(5)30-24(3)12-11-14-26(30)13-9-7-6-8-10-17-37-18-15-28(16-19-37)34-22-27(21-32)29-20-25(4)35-31(29)33/h11-12,14,20-22,28,35H,1,6-10,13,15-19,32-33H2,2-5H3/b27-21+,34-22?. The molecule has 37 heavy (non-hydrogen) atoms. The van der Waals surface area contributed by atoms with Crippen LogP contribution >= 0.6 is 0 Å². The molecule has 0 aliphatic carbocycles. The molecule has 0 bridgehead atoms. The van der Waals surface area contributed by atoms with E-state index in [1.807, 2.05) is 19.2 Å². The molecule has 2 heterocycles. The van der Waals surface area contributed by atoms with Gasteiger partial charge in [0.05, 0.1) is 6.04 Å². The van der Waals surface area contributed by atoms with E-state index in [4.69, 9.17) is 16.5 Å². The SMILES string of the molecule is C=C(C)N(C)c1c(C)cccc1CCCCCCCN1CCC(N=C/C(=C\N)c2cc(C)[nH]c2N)CC1. The number of hydrogen-bond donors (Lipinski definition) is 3. The summed E-state index contributed by atoms with van der Waals surface area (Å²) in [6.07, 6.45) is 13.3. The largest absolute Gasteiger partial charge is 0.404 e. The van der Waals surface area contributed by atoms with Gasteiger partial charge in [0.2, 0.25) is 0 Å². The number of nitrogen functional groups attached to an aromatic ring is 1. The number of likely N-dealkylation sites (tertiary alicyclic amines) is 1. The van der Waals surface area contributed by atoms with Crippen LogP contribution in [0.3, 0.4) is 0 Å². The minimum absolute atomic E-state index is 0.364. The summed E-state index contributed by atoms with van der Waals surface area (Å²) in [5, 5.41) is 0. The molecule has 2 aromatic rings. The number of aryl methyl sites for hydroxylation is 3. The van der Waals surface area contributed by atoms with Crippen molar-refractivity contribution in [3.05, 3.63) is 65.1 Å². The maximum Gasteiger partial charge on any atom is 0.108 e. The highest BCUT2D eigenvalue weighted by Gasteiger charge is 2.18. The maximum absolute atomic E-state index is 6.06. The highest BCUT2D eigenvalue weighted by Crippen LogP contribution is 2.28. The molecular weight excluding hydrogens is 456 g/mol. The Kier molecular flexibility index (Phi) is 10.9. The van der Waals surface area contributed by atoms with E-state index in [2.05, 4.69) is 60.5 Å². The maximum atomic E-state index is 6.06. The zero-order valence-corrected chi connectivity index (χ0v) is 23.5. The van der Waals surface area contributed by atoms with Crippen LogP contribution in [0, 0.1) is 13.8 Å². The van der Waals surface area contributed by atoms with E-state index < -0.39 is 0 Å². The third kappa shape index (κ3) is 8.26. The molecule has 1 aliphatic rings. The molecule has 1 aliphatic heterocycles. The van der Waals surface area contributed by atoms with Gasteiger partial charge in [-0.3, -0.25) is 4.99 Å². The third-order valence-electron chi connectivity index (χ3n) is 7.60. The molecule has 0 unspecified atom stereocenters. The van der Waals surface area contributed by atoms with E-state index in [1.54, 1.807) is 6.20 Å². The number of nitrogens with zero attached hydrogens (tertiary/aromatic N) is 3. The first-order valence-corrected chi connectivity index (χ1v) is 13.9. The molecule has 0 saturated carbocycles. The number of piperidine rings is 1. The Morgan fingerprint density at radius 3 is 2.51 bits per heavy atom. The smallest absolute Gasteiger partial charge is 0.108 e. The first kappa shape index (κ1) is 28.6. The summed E-state index contributed by atoms with van der Waals surface area (Å²) < 4.78 is 0. The van der Waals surface area contributed by atoms with Crippen molar-refractivity contribution in [1.82, 2.24) is 9.88 Å². The number of hydrogen-bond acceptors (Lipinski definition) is 5. The van der Waals surface area contributed by atoms with Gasteiger partial charge in [-0.1, -0.05) is 44.0 Å². The highest BCUT2D eigenvalue weighted by molar-refractivity contribution is 6.11. The number of rotatable bonds is 13. The van der Waals surface area contributed by atoms with Crippen LogP contribution in [0.2, 0.25) is 0 Å². The van der Waals surface area contributed by atoms with E-state index >= 15 is 0 Å². The molecule has 0 spiro atoms. The van der Waals surface area contributed by atoms with Crippen LogP contribution in [0.15, 0.2) is 47.7 Å². The van der Waals surface area contributed by atoms with Gasteiger partial charge in [-0.15, -0.1) is 0 Å². The van der Waals surface area contributed by atoms with Crippen molar-refractivity contribution in [1.29, 1.82) is 0 Å². The summed E-state index contributed by atoms with van der Waals surface area (Å²) in [6, 6.07) is 9.04. The molecule has 5 N–H and O–H groups in total. The Balaban J connectivity index is 1.31. The van der Waals surface area contributed by atoms with E-state index in [0.29, 0.717) is 11.9 Å². The lowest BCUT2D eigenvalue weighted by atomic mass is 10.00. The highest BCUT2D eigenvalue weighted by atomic mass is 15.1. The minimum atomic E-state index is 0.364. The van der Waals surface area contributed by atoms with Gasteiger partial charge >= 0.3 is 0 Å². The lowest BCUT2D eigenvalue weighted by molar-refractivity contribution is 0.210. The van der Waals surface area contributed by atoms with Gasteiger partial charge in [-0.2, -0.15) is 0 Å². The number of aromatic nitrogens is 1. The zero-order chi connectivity index (χ0) is 26.8. The van der Waals surface area contributed by atoms with Crippen molar-refractivity contribution in [2.45, 2.75) is 78.2 Å². The number of aromatic amines is 1. The zero-order valence-electron chi connectivity index (χ0n) is 23.5. The number of aliphatic imine (C=N–C) groups is 1. The molecule has 1 fully saturated rings. The number of nitrogens with two attached hydrogens (primary N) is 2. The summed E-state index contributed by atoms with van der Waals surface area (Å²) in [6.45, 7) is 13.8. The van der Waals surface area contributed by atoms with Crippen molar-refractivity contribution in [2.75, 3.05) is 37.3 Å². The first-order valence-electron chi connectivity index (χ1n) is 13.9. The molecule has 6 heteroatoms. The summed E-state index contributed by atoms with van der Waals surface area (Å²) in [5.74, 6) is 0.644. The van der Waals surface area contributed by atoms with Gasteiger partial charge in [-0.25, -0.2) is 0 Å². The topological polar surface area (TPSA) is 86.7 Å². The number of benzene rings is 1. The second-order valence-corrected chi connectivity index (χ2v) is 10.6. The number of anilines is 2. The van der Waals surface area contributed by atoms with E-state index in [9.17, 15) is 0 Å². The average Bonchev–Trinajstić information content (AvgIpc) is 3.21. The Labute approximate surface area is 224 Å². The van der Waals surface area contributed by atoms with Crippen LogP contribution in [0.5, 0.6) is 0 Å². The predicted molar refractivity (Wildman–Crippen MR) is 161 cm³/mol. The van der Waals surface area contributed by atoms with E-state index in [1.165, 1.54) is 55.5 Å². The molecule has 1 saturated heterocycles. The Morgan fingerprint density at radius 1 is 1.16 bits per heavy atom. The summed E-state index contributed by atoms with van der Waals surface area (Å²) in [5.41, 5.74) is 19.9. The van der Waals surface area contributed by atoms with Crippen LogP contribution < -0.4 is 16.4 Å². The Morgan fingerprint density at radius 2 is 1.86 bits per heavy atom.